The summed E-state index contributed by atoms with van der Waals surface area (Å²) in [6.07, 6.45) is 3.53. The van der Waals surface area contributed by atoms with E-state index in [4.69, 9.17) is 0 Å². The molecule has 6 rings (SSSR count). The fraction of sp³-hybridized carbons (Fsp3) is 0. The highest BCUT2D eigenvalue weighted by Crippen LogP contribution is 2.51. The quantitative estimate of drug-likeness (QED) is 0.305. The van der Waals surface area contributed by atoms with E-state index in [1.807, 2.05) is 24.0 Å². The van der Waals surface area contributed by atoms with Gasteiger partial charge in [-0.1, -0.05) is 66.4 Å². The monoisotopic (exact) mass is 403 g/mol. The zero-order valence-electron chi connectivity index (χ0n) is 16.1. The molecule has 0 fully saturated rings. The van der Waals surface area contributed by atoms with Crippen molar-refractivity contribution in [2.75, 3.05) is 4.90 Å². The van der Waals surface area contributed by atoms with Gasteiger partial charge >= 0.3 is 0 Å². The first-order valence-electron chi connectivity index (χ1n) is 9.84. The second kappa shape index (κ2) is 7.01. The highest BCUT2D eigenvalue weighted by molar-refractivity contribution is 7.99. The molecule has 0 N–H and O–H groups in total. The number of aromatic nitrogens is 2. The van der Waals surface area contributed by atoms with E-state index in [2.05, 4.69) is 99.8 Å². The number of anilines is 3. The minimum absolute atomic E-state index is 0.939. The van der Waals surface area contributed by atoms with Crippen LogP contribution in [0.25, 0.3) is 22.0 Å². The van der Waals surface area contributed by atoms with Gasteiger partial charge in [-0.2, -0.15) is 0 Å². The van der Waals surface area contributed by atoms with Gasteiger partial charge in [-0.3, -0.25) is 0 Å². The van der Waals surface area contributed by atoms with E-state index in [1.165, 1.54) is 21.2 Å². The Morgan fingerprint density at radius 1 is 0.700 bits per heavy atom. The highest BCUT2D eigenvalue weighted by atomic mass is 32.2. The average molecular weight is 404 g/mol. The van der Waals surface area contributed by atoms with E-state index in [-0.39, 0.29) is 0 Å². The van der Waals surface area contributed by atoms with Crippen molar-refractivity contribution < 1.29 is 0 Å². The van der Waals surface area contributed by atoms with Crippen LogP contribution >= 0.6 is 11.8 Å². The van der Waals surface area contributed by atoms with E-state index in [0.717, 1.165) is 27.7 Å². The molecule has 0 bridgehead atoms. The summed E-state index contributed by atoms with van der Waals surface area (Å²) in [4.78, 5) is 13.7. The van der Waals surface area contributed by atoms with Crippen LogP contribution in [0, 0.1) is 0 Å². The molecule has 1 aliphatic heterocycles. The van der Waals surface area contributed by atoms with Crippen LogP contribution in [0.3, 0.4) is 0 Å². The fourth-order valence-corrected chi connectivity index (χ4v) is 5.10. The second-order valence-electron chi connectivity index (χ2n) is 7.19. The van der Waals surface area contributed by atoms with E-state index >= 15 is 0 Å². The minimum atomic E-state index is 0.939. The van der Waals surface area contributed by atoms with Crippen molar-refractivity contribution in [2.45, 2.75) is 9.79 Å². The molecule has 4 aromatic carbocycles. The lowest BCUT2D eigenvalue weighted by Crippen LogP contribution is -2.14. The van der Waals surface area contributed by atoms with Gasteiger partial charge in [-0.05, 0) is 47.5 Å². The first-order valence-corrected chi connectivity index (χ1v) is 10.7. The third-order valence-electron chi connectivity index (χ3n) is 5.39. The summed E-state index contributed by atoms with van der Waals surface area (Å²) in [7, 11) is 0. The predicted octanol–water partition coefficient (Wildman–Crippen LogP) is 7.23. The van der Waals surface area contributed by atoms with E-state index in [9.17, 15) is 0 Å². The molecular weight excluding hydrogens is 386 g/mol. The lowest BCUT2D eigenvalue weighted by molar-refractivity contribution is 1.16. The summed E-state index contributed by atoms with van der Waals surface area (Å²) in [5.74, 6) is 0. The molecule has 0 saturated heterocycles. The Balaban J connectivity index is 1.65. The van der Waals surface area contributed by atoms with Crippen LogP contribution in [0.15, 0.2) is 113 Å². The Kier molecular flexibility index (Phi) is 4.03. The number of benzene rings is 4. The molecule has 3 nitrogen and oxygen atoms in total. The van der Waals surface area contributed by atoms with Crippen molar-refractivity contribution in [1.29, 1.82) is 0 Å². The van der Waals surface area contributed by atoms with Gasteiger partial charge in [0.1, 0.15) is 6.33 Å². The van der Waals surface area contributed by atoms with Gasteiger partial charge in [-0.15, -0.1) is 0 Å². The van der Waals surface area contributed by atoms with Crippen LogP contribution < -0.4 is 4.90 Å². The first kappa shape index (κ1) is 17.2. The van der Waals surface area contributed by atoms with Gasteiger partial charge in [0.2, 0.25) is 0 Å². The van der Waals surface area contributed by atoms with Crippen LogP contribution in [0.4, 0.5) is 17.1 Å². The number of rotatable bonds is 2. The third-order valence-corrected chi connectivity index (χ3v) is 6.52. The molecule has 1 aliphatic rings. The van der Waals surface area contributed by atoms with Crippen LogP contribution in [-0.2, 0) is 0 Å². The van der Waals surface area contributed by atoms with Crippen molar-refractivity contribution in [3.8, 4) is 11.1 Å². The van der Waals surface area contributed by atoms with Crippen molar-refractivity contribution >= 4 is 39.7 Å². The minimum Gasteiger partial charge on any atom is -0.308 e. The number of para-hydroxylation sites is 2. The molecule has 142 valence electrons. The van der Waals surface area contributed by atoms with Gasteiger partial charge in [0.25, 0.3) is 0 Å². The summed E-state index contributed by atoms with van der Waals surface area (Å²) < 4.78 is 0. The highest BCUT2D eigenvalue weighted by Gasteiger charge is 2.25. The molecule has 0 amide bonds. The van der Waals surface area contributed by atoms with Crippen LogP contribution in [0.5, 0.6) is 0 Å². The SMILES string of the molecule is c1ccc(-c2cc(N3c4ccccc4Sc4ccccc43)cc3ncncc23)cc1. The molecule has 5 aromatic rings. The normalized spacial score (nSPS) is 12.5. The number of nitrogens with zero attached hydrogens (tertiary/aromatic N) is 3. The van der Waals surface area contributed by atoms with Gasteiger partial charge in [-0.25, -0.2) is 9.97 Å². The Hall–Kier alpha value is -3.63. The Morgan fingerprint density at radius 2 is 1.37 bits per heavy atom. The van der Waals surface area contributed by atoms with E-state index < -0.39 is 0 Å². The van der Waals surface area contributed by atoms with Gasteiger partial charge in [0.15, 0.2) is 0 Å². The molecule has 30 heavy (non-hydrogen) atoms. The number of hydrogen-bond acceptors (Lipinski definition) is 4. The molecule has 2 heterocycles. The zero-order valence-corrected chi connectivity index (χ0v) is 16.9. The van der Waals surface area contributed by atoms with E-state index in [1.54, 1.807) is 6.33 Å². The summed E-state index contributed by atoms with van der Waals surface area (Å²) >= 11 is 1.82. The molecule has 0 atom stereocenters. The van der Waals surface area contributed by atoms with Crippen molar-refractivity contribution in [3.05, 3.63) is 104 Å². The lowest BCUT2D eigenvalue weighted by atomic mass is 10.00. The van der Waals surface area contributed by atoms with Gasteiger partial charge < -0.3 is 4.90 Å². The third kappa shape index (κ3) is 2.77. The van der Waals surface area contributed by atoms with E-state index in [0.29, 0.717) is 0 Å². The second-order valence-corrected chi connectivity index (χ2v) is 8.27. The van der Waals surface area contributed by atoms with Gasteiger partial charge in [0.05, 0.1) is 16.9 Å². The molecule has 0 unspecified atom stereocenters. The molecule has 0 aliphatic carbocycles. The molecule has 1 aromatic heterocycles. The molecule has 4 heteroatoms. The Morgan fingerprint density at radius 3 is 2.10 bits per heavy atom. The first-order chi connectivity index (χ1) is 14.9. The maximum absolute atomic E-state index is 4.59. The topological polar surface area (TPSA) is 29.0 Å². The summed E-state index contributed by atoms with van der Waals surface area (Å²) in [5.41, 5.74) is 6.71. The maximum atomic E-state index is 4.59. The average Bonchev–Trinajstić information content (AvgIpc) is 2.82. The molecule has 0 radical (unpaired) electrons. The maximum Gasteiger partial charge on any atom is 0.116 e. The van der Waals surface area contributed by atoms with Gasteiger partial charge in [0, 0.05) is 27.1 Å². The molecular formula is C26H17N3S. The number of fused-ring (bicyclic) bond motifs is 3. The Labute approximate surface area is 179 Å². The standard InChI is InChI=1S/C26H17N3S/c1-2-8-18(9-3-1)20-14-19(15-22-21(20)16-27-17-28-22)29-23-10-4-6-12-25(23)30-26-13-7-5-11-24(26)29/h1-17H. The predicted molar refractivity (Wildman–Crippen MR) is 124 cm³/mol. The number of hydrogen-bond donors (Lipinski definition) is 0. The summed E-state index contributed by atoms with van der Waals surface area (Å²) in [5, 5.41) is 1.06. The van der Waals surface area contributed by atoms with Crippen molar-refractivity contribution in [2.24, 2.45) is 0 Å². The largest absolute Gasteiger partial charge is 0.308 e. The van der Waals surface area contributed by atoms with Crippen molar-refractivity contribution in [1.82, 2.24) is 9.97 Å². The van der Waals surface area contributed by atoms with Crippen LogP contribution in [0.1, 0.15) is 0 Å². The van der Waals surface area contributed by atoms with Crippen molar-refractivity contribution in [3.63, 3.8) is 0 Å². The molecule has 0 saturated carbocycles. The molecule has 0 spiro atoms. The fourth-order valence-electron chi connectivity index (χ4n) is 4.04. The zero-order chi connectivity index (χ0) is 19.9. The Bertz CT molecular complexity index is 1340. The smallest absolute Gasteiger partial charge is 0.116 e. The summed E-state index contributed by atoms with van der Waals surface area (Å²) in [6, 6.07) is 32.0. The van der Waals surface area contributed by atoms with Crippen LogP contribution in [-0.4, -0.2) is 9.97 Å². The summed E-state index contributed by atoms with van der Waals surface area (Å²) in [6.45, 7) is 0. The van der Waals surface area contributed by atoms with Crippen LogP contribution in [0.2, 0.25) is 0 Å². The lowest BCUT2D eigenvalue weighted by Gasteiger charge is -2.33.